The monoisotopic (exact) mass is 511 g/mol. The van der Waals surface area contributed by atoms with Gasteiger partial charge in [0.1, 0.15) is 5.78 Å². The maximum Gasteiger partial charge on any atom is 0.156 e. The van der Waals surface area contributed by atoms with Crippen LogP contribution in [0.25, 0.3) is 0 Å². The predicted molar refractivity (Wildman–Crippen MR) is 151 cm³/mol. The minimum atomic E-state index is -0.573. The summed E-state index contributed by atoms with van der Waals surface area (Å²) in [6.07, 6.45) is 7.35. The average molecular weight is 512 g/mol. The Morgan fingerprint density at radius 3 is 2.55 bits per heavy atom. The van der Waals surface area contributed by atoms with E-state index in [4.69, 9.17) is 4.74 Å². The number of rotatable bonds is 3. The number of ketones is 2. The van der Waals surface area contributed by atoms with Crippen LogP contribution in [0.3, 0.4) is 0 Å². The van der Waals surface area contributed by atoms with Crippen molar-refractivity contribution in [3.63, 3.8) is 0 Å². The summed E-state index contributed by atoms with van der Waals surface area (Å²) in [4.78, 5) is 28.3. The molecule has 38 heavy (non-hydrogen) atoms. The molecule has 0 N–H and O–H groups in total. The van der Waals surface area contributed by atoms with Crippen molar-refractivity contribution in [1.29, 1.82) is 0 Å². The minimum absolute atomic E-state index is 0.171. The second-order valence-electron chi connectivity index (χ2n) is 12.6. The van der Waals surface area contributed by atoms with E-state index < -0.39 is 5.41 Å². The maximum absolute atomic E-state index is 13.4. The molecule has 0 bridgehead atoms. The van der Waals surface area contributed by atoms with Gasteiger partial charge in [-0.1, -0.05) is 37.5 Å². The molecule has 200 valence electrons. The van der Waals surface area contributed by atoms with Crippen molar-refractivity contribution in [1.82, 2.24) is 0 Å². The number of ether oxygens (including phenoxy) is 1. The van der Waals surface area contributed by atoms with Gasteiger partial charge in [0.15, 0.2) is 5.78 Å². The van der Waals surface area contributed by atoms with Crippen molar-refractivity contribution in [2.75, 3.05) is 31.2 Å². The van der Waals surface area contributed by atoms with E-state index in [-0.39, 0.29) is 22.9 Å². The lowest BCUT2D eigenvalue weighted by atomic mass is 9.47. The standard InChI is InChI=1S/C34H41NO3/c1-5-13-34(23(3)36)14-12-31-29-19-22(2)28-20-26(37)10-11-27(28)32(29)30(21-33(31,34)4)24-6-8-25(9-7-24)35-15-17-38-18-16-35/h6-9,20,22,29-31H,10-12,14-19,21H2,1-4H3/t22?,29-,30?,31-,33-,34+/m0/s1. The smallest absolute Gasteiger partial charge is 0.156 e. The van der Waals surface area contributed by atoms with E-state index >= 15 is 0 Å². The number of fused-ring (bicyclic) bond motifs is 4. The first-order valence-electron chi connectivity index (χ1n) is 14.6. The molecule has 0 spiro atoms. The fourth-order valence-electron chi connectivity index (χ4n) is 9.10. The Bertz CT molecular complexity index is 1270. The molecule has 0 amide bonds. The van der Waals surface area contributed by atoms with Crippen LogP contribution in [0, 0.1) is 40.4 Å². The summed E-state index contributed by atoms with van der Waals surface area (Å²) in [5, 5.41) is 0. The number of hydrogen-bond donors (Lipinski definition) is 0. The van der Waals surface area contributed by atoms with Crippen LogP contribution >= 0.6 is 0 Å². The van der Waals surface area contributed by atoms with Crippen LogP contribution < -0.4 is 4.90 Å². The molecule has 5 aliphatic rings. The quantitative estimate of drug-likeness (QED) is 0.449. The molecule has 1 heterocycles. The van der Waals surface area contributed by atoms with Crippen molar-refractivity contribution in [3.05, 3.63) is 52.6 Å². The Morgan fingerprint density at radius 2 is 1.87 bits per heavy atom. The molecule has 3 fully saturated rings. The van der Waals surface area contributed by atoms with Crippen molar-refractivity contribution in [2.45, 2.75) is 72.1 Å². The highest BCUT2D eigenvalue weighted by Crippen LogP contribution is 2.70. The highest BCUT2D eigenvalue weighted by atomic mass is 16.5. The molecular weight excluding hydrogens is 470 g/mol. The molecule has 0 radical (unpaired) electrons. The topological polar surface area (TPSA) is 46.6 Å². The van der Waals surface area contributed by atoms with Crippen LogP contribution in [-0.2, 0) is 14.3 Å². The Hall–Kier alpha value is -2.64. The SMILES string of the molecule is CC#C[C@]1(C(C)=O)CC[C@H]2[C@@H]3CC(C)C4=CC(=O)CCC4=C3C(c3ccc(N4CCOCC4)cc3)C[C@@]21C. The average Bonchev–Trinajstić information content (AvgIpc) is 3.22. The van der Waals surface area contributed by atoms with Gasteiger partial charge >= 0.3 is 0 Å². The van der Waals surface area contributed by atoms with Crippen molar-refractivity contribution < 1.29 is 14.3 Å². The number of carbonyl (C=O) groups is 2. The molecule has 1 aliphatic heterocycles. The third kappa shape index (κ3) is 3.76. The molecule has 4 aliphatic carbocycles. The van der Waals surface area contributed by atoms with Gasteiger partial charge in [-0.3, -0.25) is 9.59 Å². The van der Waals surface area contributed by atoms with E-state index in [0.717, 1.165) is 58.4 Å². The van der Waals surface area contributed by atoms with Crippen molar-refractivity contribution in [2.24, 2.45) is 28.6 Å². The molecular formula is C34H41NO3. The molecule has 4 heteroatoms. The Kier molecular flexibility index (Phi) is 6.42. The Balaban J connectivity index is 1.49. The van der Waals surface area contributed by atoms with Gasteiger partial charge in [-0.2, -0.15) is 0 Å². The van der Waals surface area contributed by atoms with Crippen LogP contribution in [-0.4, -0.2) is 37.9 Å². The number of allylic oxidation sites excluding steroid dienone is 4. The summed E-state index contributed by atoms with van der Waals surface area (Å²) in [6, 6.07) is 9.21. The first-order chi connectivity index (χ1) is 18.3. The molecule has 6 rings (SSSR count). The summed E-state index contributed by atoms with van der Waals surface area (Å²) in [5.74, 6) is 8.69. The zero-order chi connectivity index (χ0) is 26.7. The molecule has 4 nitrogen and oxygen atoms in total. The van der Waals surface area contributed by atoms with E-state index in [0.29, 0.717) is 24.2 Å². The molecule has 6 atom stereocenters. The van der Waals surface area contributed by atoms with Crippen LogP contribution in [0.2, 0.25) is 0 Å². The van der Waals surface area contributed by atoms with Crippen molar-refractivity contribution in [3.8, 4) is 11.8 Å². The van der Waals surface area contributed by atoms with Crippen molar-refractivity contribution >= 4 is 17.3 Å². The molecule has 2 saturated carbocycles. The van der Waals surface area contributed by atoms with Crippen LogP contribution in [0.4, 0.5) is 5.69 Å². The summed E-state index contributed by atoms with van der Waals surface area (Å²) >= 11 is 0. The number of Topliss-reactive ketones (excluding diaryl/α,β-unsaturated/α-hetero) is 1. The summed E-state index contributed by atoms with van der Waals surface area (Å²) in [7, 11) is 0. The molecule has 0 aromatic heterocycles. The van der Waals surface area contributed by atoms with Gasteiger partial charge in [0.05, 0.1) is 18.6 Å². The van der Waals surface area contributed by atoms with Gasteiger partial charge in [-0.25, -0.2) is 0 Å². The van der Waals surface area contributed by atoms with Gasteiger partial charge in [0.25, 0.3) is 0 Å². The van der Waals surface area contributed by atoms with Gasteiger partial charge in [-0.05, 0) is 104 Å². The number of benzene rings is 1. The first kappa shape index (κ1) is 25.6. The Morgan fingerprint density at radius 1 is 1.13 bits per heavy atom. The molecule has 1 aromatic rings. The van der Waals surface area contributed by atoms with E-state index in [9.17, 15) is 9.59 Å². The van der Waals surface area contributed by atoms with Gasteiger partial charge < -0.3 is 9.64 Å². The highest BCUT2D eigenvalue weighted by Gasteiger charge is 2.65. The second-order valence-corrected chi connectivity index (χ2v) is 12.6. The normalized spacial score (nSPS) is 36.5. The zero-order valence-electron chi connectivity index (χ0n) is 23.4. The summed E-state index contributed by atoms with van der Waals surface area (Å²) < 4.78 is 5.56. The van der Waals surface area contributed by atoms with Gasteiger partial charge in [0, 0.05) is 31.1 Å². The number of hydrogen-bond acceptors (Lipinski definition) is 4. The third-order valence-electron chi connectivity index (χ3n) is 10.9. The van der Waals surface area contributed by atoms with Gasteiger partial charge in [0.2, 0.25) is 0 Å². The second kappa shape index (κ2) is 9.53. The van der Waals surface area contributed by atoms with Crippen LogP contribution in [0.5, 0.6) is 0 Å². The lowest BCUT2D eigenvalue weighted by Gasteiger charge is -2.55. The van der Waals surface area contributed by atoms with E-state index in [2.05, 4.69) is 54.9 Å². The number of morpholine rings is 1. The lowest BCUT2D eigenvalue weighted by molar-refractivity contribution is -0.130. The third-order valence-corrected chi connectivity index (χ3v) is 10.9. The number of carbonyl (C=O) groups excluding carboxylic acids is 2. The fraction of sp³-hybridized carbons (Fsp3) is 0.588. The number of anilines is 1. The largest absolute Gasteiger partial charge is 0.378 e. The van der Waals surface area contributed by atoms with Crippen LogP contribution in [0.15, 0.2) is 47.1 Å². The number of nitrogens with zero attached hydrogens (tertiary/aromatic N) is 1. The van der Waals surface area contributed by atoms with E-state index in [1.807, 2.05) is 13.0 Å². The van der Waals surface area contributed by atoms with Gasteiger partial charge in [-0.15, -0.1) is 5.92 Å². The maximum atomic E-state index is 13.4. The van der Waals surface area contributed by atoms with Crippen LogP contribution in [0.1, 0.15) is 77.7 Å². The lowest BCUT2D eigenvalue weighted by Crippen LogP contribution is -2.50. The van der Waals surface area contributed by atoms with E-state index in [1.165, 1.54) is 22.4 Å². The fourth-order valence-corrected chi connectivity index (χ4v) is 9.10. The molecule has 1 aromatic carbocycles. The zero-order valence-corrected chi connectivity index (χ0v) is 23.4. The summed E-state index contributed by atoms with van der Waals surface area (Å²) in [5.41, 5.74) is 6.17. The minimum Gasteiger partial charge on any atom is -0.378 e. The summed E-state index contributed by atoms with van der Waals surface area (Å²) in [6.45, 7) is 11.8. The predicted octanol–water partition coefficient (Wildman–Crippen LogP) is 6.27. The molecule has 2 unspecified atom stereocenters. The first-order valence-corrected chi connectivity index (χ1v) is 14.6. The highest BCUT2D eigenvalue weighted by molar-refractivity contribution is 5.93. The van der Waals surface area contributed by atoms with E-state index in [1.54, 1.807) is 12.5 Å². The Labute approximate surface area is 227 Å². The molecule has 1 saturated heterocycles.